The van der Waals surface area contributed by atoms with Crippen molar-refractivity contribution >= 4 is 45.2 Å². The number of hydrogen-bond donors (Lipinski definition) is 2. The van der Waals surface area contributed by atoms with Crippen LogP contribution >= 0.6 is 27.7 Å². The first-order chi connectivity index (χ1) is 14.0. The Labute approximate surface area is 184 Å². The molecule has 0 atom stereocenters. The molecule has 0 saturated heterocycles. The van der Waals surface area contributed by atoms with Crippen LogP contribution in [0, 0.1) is 0 Å². The lowest BCUT2D eigenvalue weighted by atomic mass is 10.3. The molecule has 0 aromatic heterocycles. The van der Waals surface area contributed by atoms with E-state index in [2.05, 4.69) is 26.6 Å². The molecule has 2 amide bonds. The Kier molecular flexibility index (Phi) is 10.2. The summed E-state index contributed by atoms with van der Waals surface area (Å²) in [5.41, 5.74) is 0.729. The van der Waals surface area contributed by atoms with Crippen molar-refractivity contribution in [3.05, 3.63) is 53.0 Å². The van der Waals surface area contributed by atoms with Gasteiger partial charge in [-0.2, -0.15) is 0 Å². The maximum absolute atomic E-state index is 12.2. The van der Waals surface area contributed by atoms with Crippen LogP contribution in [0.15, 0.2) is 62.8 Å². The topological polar surface area (TPSA) is 70.7 Å². The summed E-state index contributed by atoms with van der Waals surface area (Å²) in [5, 5.41) is 5.66. The Bertz CT molecular complexity index is 785. The molecule has 29 heavy (non-hydrogen) atoms. The van der Waals surface area contributed by atoms with Crippen LogP contribution in [0.5, 0.6) is 0 Å². The first-order valence-corrected chi connectivity index (χ1v) is 10.8. The minimum Gasteiger partial charge on any atom is -0.385 e. The van der Waals surface area contributed by atoms with E-state index < -0.39 is 0 Å². The second-order valence-corrected chi connectivity index (χ2v) is 8.56. The van der Waals surface area contributed by atoms with Crippen LogP contribution in [0.4, 0.5) is 5.69 Å². The van der Waals surface area contributed by atoms with E-state index in [1.807, 2.05) is 48.5 Å². The number of carbonyl (C=O) groups excluding carboxylic acids is 2. The largest absolute Gasteiger partial charge is 0.385 e. The summed E-state index contributed by atoms with van der Waals surface area (Å²) in [6.45, 7) is 1.49. The Morgan fingerprint density at radius 2 is 1.59 bits per heavy atom. The lowest BCUT2D eigenvalue weighted by Crippen LogP contribution is -2.39. The minimum absolute atomic E-state index is 0.106. The van der Waals surface area contributed by atoms with Gasteiger partial charge in [0.25, 0.3) is 0 Å². The fraction of sp³-hybridized carbons (Fsp3) is 0.333. The number of nitrogens with zero attached hydrogens (tertiary/aromatic N) is 1. The summed E-state index contributed by atoms with van der Waals surface area (Å²) in [7, 11) is 3.37. The molecular formula is C21H26BrN3O3S. The Balaban J connectivity index is 1.74. The molecule has 0 unspecified atom stereocenters. The molecule has 2 aromatic rings. The molecule has 8 heteroatoms. The van der Waals surface area contributed by atoms with Crippen LogP contribution in [0.25, 0.3) is 0 Å². The average molecular weight is 480 g/mol. The Hall–Kier alpha value is -1.87. The molecule has 0 aliphatic carbocycles. The van der Waals surface area contributed by atoms with Crippen molar-refractivity contribution in [3.63, 3.8) is 0 Å². The van der Waals surface area contributed by atoms with E-state index in [1.165, 1.54) is 0 Å². The van der Waals surface area contributed by atoms with Crippen molar-refractivity contribution in [2.45, 2.75) is 16.2 Å². The standard InChI is InChI=1S/C21H26BrN3O3S/c1-25(14-20(26)23-12-3-13-28-2)15-21(27)24-17-6-10-19(11-7-17)29-18-8-4-16(22)5-9-18/h4-11H,3,12-15H2,1-2H3,(H,23,26)(H,24,27). The van der Waals surface area contributed by atoms with Crippen LogP contribution in [0.2, 0.25) is 0 Å². The first kappa shape index (κ1) is 23.4. The number of anilines is 1. The highest BCUT2D eigenvalue weighted by Crippen LogP contribution is 2.29. The van der Waals surface area contributed by atoms with Gasteiger partial charge >= 0.3 is 0 Å². The number of benzene rings is 2. The molecule has 2 rings (SSSR count). The maximum atomic E-state index is 12.2. The number of nitrogens with one attached hydrogen (secondary N) is 2. The SMILES string of the molecule is COCCCNC(=O)CN(C)CC(=O)Nc1ccc(Sc2ccc(Br)cc2)cc1. The van der Waals surface area contributed by atoms with Gasteiger partial charge in [0.2, 0.25) is 11.8 Å². The van der Waals surface area contributed by atoms with Crippen LogP contribution in [0.1, 0.15) is 6.42 Å². The number of amides is 2. The molecule has 6 nitrogen and oxygen atoms in total. The molecule has 0 heterocycles. The van der Waals surface area contributed by atoms with Gasteiger partial charge in [0.1, 0.15) is 0 Å². The summed E-state index contributed by atoms with van der Waals surface area (Å²) in [6.07, 6.45) is 0.766. The summed E-state index contributed by atoms with van der Waals surface area (Å²) in [6, 6.07) is 15.8. The van der Waals surface area contributed by atoms with Gasteiger partial charge in [-0.1, -0.05) is 27.7 Å². The number of likely N-dealkylation sites (N-methyl/N-ethyl adjacent to an activating group) is 1. The molecule has 0 saturated carbocycles. The lowest BCUT2D eigenvalue weighted by molar-refractivity contribution is -0.123. The van der Waals surface area contributed by atoms with Crippen molar-refractivity contribution in [3.8, 4) is 0 Å². The third-order valence-electron chi connectivity index (χ3n) is 3.86. The number of halogens is 1. The van der Waals surface area contributed by atoms with E-state index in [1.54, 1.807) is 30.8 Å². The van der Waals surface area contributed by atoms with Gasteiger partial charge in [0.05, 0.1) is 13.1 Å². The summed E-state index contributed by atoms with van der Waals surface area (Å²) in [5.74, 6) is -0.265. The van der Waals surface area contributed by atoms with Crippen LogP contribution in [0.3, 0.4) is 0 Å². The predicted molar refractivity (Wildman–Crippen MR) is 120 cm³/mol. The summed E-state index contributed by atoms with van der Waals surface area (Å²) < 4.78 is 5.99. The van der Waals surface area contributed by atoms with E-state index in [0.29, 0.717) is 13.2 Å². The van der Waals surface area contributed by atoms with Gasteiger partial charge < -0.3 is 15.4 Å². The zero-order valence-corrected chi connectivity index (χ0v) is 19.0. The zero-order valence-electron chi connectivity index (χ0n) is 16.6. The highest BCUT2D eigenvalue weighted by molar-refractivity contribution is 9.10. The highest BCUT2D eigenvalue weighted by atomic mass is 79.9. The molecule has 0 fully saturated rings. The van der Waals surface area contributed by atoms with E-state index in [9.17, 15) is 9.59 Å². The molecule has 0 radical (unpaired) electrons. The monoisotopic (exact) mass is 479 g/mol. The van der Waals surface area contributed by atoms with Crippen LogP contribution in [-0.4, -0.2) is 57.1 Å². The molecule has 0 aliphatic rings. The molecule has 0 bridgehead atoms. The lowest BCUT2D eigenvalue weighted by Gasteiger charge is -2.16. The second kappa shape index (κ2) is 12.6. The zero-order chi connectivity index (χ0) is 21.1. The highest BCUT2D eigenvalue weighted by Gasteiger charge is 2.11. The summed E-state index contributed by atoms with van der Waals surface area (Å²) >= 11 is 5.09. The van der Waals surface area contributed by atoms with Crippen molar-refractivity contribution in [1.29, 1.82) is 0 Å². The van der Waals surface area contributed by atoms with Gasteiger partial charge in [-0.15, -0.1) is 0 Å². The van der Waals surface area contributed by atoms with E-state index in [0.717, 1.165) is 26.4 Å². The van der Waals surface area contributed by atoms with E-state index in [4.69, 9.17) is 4.74 Å². The van der Waals surface area contributed by atoms with Gasteiger partial charge in [0, 0.05) is 40.2 Å². The smallest absolute Gasteiger partial charge is 0.238 e. The van der Waals surface area contributed by atoms with E-state index in [-0.39, 0.29) is 24.9 Å². The number of methoxy groups -OCH3 is 1. The second-order valence-electron chi connectivity index (χ2n) is 6.50. The van der Waals surface area contributed by atoms with Crippen molar-refractivity contribution < 1.29 is 14.3 Å². The fourth-order valence-corrected chi connectivity index (χ4v) is 3.57. The molecular weight excluding hydrogens is 454 g/mol. The predicted octanol–water partition coefficient (Wildman–Crippen LogP) is 3.62. The minimum atomic E-state index is -0.159. The van der Waals surface area contributed by atoms with Gasteiger partial charge in [0.15, 0.2) is 0 Å². The van der Waals surface area contributed by atoms with E-state index >= 15 is 0 Å². The van der Waals surface area contributed by atoms with Gasteiger partial charge in [-0.3, -0.25) is 14.5 Å². The van der Waals surface area contributed by atoms with Crippen molar-refractivity contribution in [2.75, 3.05) is 45.7 Å². The molecule has 0 spiro atoms. The van der Waals surface area contributed by atoms with Crippen LogP contribution in [-0.2, 0) is 14.3 Å². The number of rotatable bonds is 11. The normalized spacial score (nSPS) is 10.8. The van der Waals surface area contributed by atoms with Crippen molar-refractivity contribution in [2.24, 2.45) is 0 Å². The quantitative estimate of drug-likeness (QED) is 0.481. The number of hydrogen-bond acceptors (Lipinski definition) is 5. The third kappa shape index (κ3) is 9.45. The number of carbonyl (C=O) groups is 2. The fourth-order valence-electron chi connectivity index (χ4n) is 2.49. The first-order valence-electron chi connectivity index (χ1n) is 9.24. The van der Waals surface area contributed by atoms with Crippen LogP contribution < -0.4 is 10.6 Å². The Morgan fingerprint density at radius 1 is 1.00 bits per heavy atom. The molecule has 2 aromatic carbocycles. The number of ether oxygens (including phenoxy) is 1. The third-order valence-corrected chi connectivity index (χ3v) is 5.41. The van der Waals surface area contributed by atoms with Crippen molar-refractivity contribution in [1.82, 2.24) is 10.2 Å². The Morgan fingerprint density at radius 3 is 2.21 bits per heavy atom. The molecule has 156 valence electrons. The molecule has 0 aliphatic heterocycles. The molecule has 2 N–H and O–H groups in total. The average Bonchev–Trinajstić information content (AvgIpc) is 2.68. The maximum Gasteiger partial charge on any atom is 0.238 e. The van der Waals surface area contributed by atoms with Gasteiger partial charge in [-0.05, 0) is 62.0 Å². The van der Waals surface area contributed by atoms with Gasteiger partial charge in [-0.25, -0.2) is 0 Å². The summed E-state index contributed by atoms with van der Waals surface area (Å²) in [4.78, 5) is 27.9.